The number of ether oxygens (including phenoxy) is 1. The summed E-state index contributed by atoms with van der Waals surface area (Å²) in [6.45, 7) is 0.189. The van der Waals surface area contributed by atoms with Crippen LogP contribution in [0.2, 0.25) is 0 Å². The predicted molar refractivity (Wildman–Crippen MR) is 45.0 cm³/mol. The van der Waals surface area contributed by atoms with Crippen molar-refractivity contribution in [3.8, 4) is 12.1 Å². The summed E-state index contributed by atoms with van der Waals surface area (Å²) < 4.78 is 4.76. The number of benzene rings is 1. The minimum Gasteiger partial charge on any atom is -0.457 e. The molecule has 1 heterocycles. The molecule has 0 N–H and O–H groups in total. The van der Waals surface area contributed by atoms with Crippen molar-refractivity contribution in [1.29, 1.82) is 10.5 Å². The van der Waals surface area contributed by atoms with Gasteiger partial charge in [-0.25, -0.2) is 4.79 Å². The van der Waals surface area contributed by atoms with Crippen LogP contribution in [0.3, 0.4) is 0 Å². The monoisotopic (exact) mass is 184 g/mol. The molecule has 0 saturated carbocycles. The molecule has 2 rings (SSSR count). The number of cyclic esters (lactones) is 1. The van der Waals surface area contributed by atoms with Gasteiger partial charge in [-0.1, -0.05) is 0 Å². The molecule has 14 heavy (non-hydrogen) atoms. The lowest BCUT2D eigenvalue weighted by atomic mass is 10.0. The lowest BCUT2D eigenvalue weighted by Gasteiger charge is -1.96. The Bertz CT molecular complexity index is 506. The van der Waals surface area contributed by atoms with Crippen LogP contribution in [-0.4, -0.2) is 5.97 Å². The fraction of sp³-hybridized carbons (Fsp3) is 0.100. The molecule has 0 radical (unpaired) electrons. The number of nitriles is 2. The van der Waals surface area contributed by atoms with Crippen molar-refractivity contribution in [1.82, 2.24) is 0 Å². The lowest BCUT2D eigenvalue weighted by molar-refractivity contribution is 0.0535. The smallest absolute Gasteiger partial charge is 0.338 e. The standard InChI is InChI=1S/C10H4N2O2/c11-3-6-1-8-5-14-10(13)9(8)2-7(6)4-12/h1-2H,5H2. The molecule has 0 bridgehead atoms. The van der Waals surface area contributed by atoms with Crippen molar-refractivity contribution < 1.29 is 9.53 Å². The number of carbonyl (C=O) groups excluding carboxylic acids is 1. The van der Waals surface area contributed by atoms with E-state index in [0.29, 0.717) is 11.1 Å². The van der Waals surface area contributed by atoms with Crippen molar-refractivity contribution in [3.05, 3.63) is 34.4 Å². The van der Waals surface area contributed by atoms with Crippen LogP contribution in [0, 0.1) is 22.7 Å². The Kier molecular flexibility index (Phi) is 1.69. The van der Waals surface area contributed by atoms with Crippen LogP contribution in [0.1, 0.15) is 27.0 Å². The van der Waals surface area contributed by atoms with E-state index in [2.05, 4.69) is 0 Å². The summed E-state index contributed by atoms with van der Waals surface area (Å²) in [6.07, 6.45) is 0. The highest BCUT2D eigenvalue weighted by molar-refractivity contribution is 5.94. The molecule has 0 atom stereocenters. The Morgan fingerprint density at radius 3 is 2.50 bits per heavy atom. The minimum absolute atomic E-state index is 0.189. The van der Waals surface area contributed by atoms with Gasteiger partial charge in [0.1, 0.15) is 18.7 Å². The van der Waals surface area contributed by atoms with Crippen LogP contribution in [0.15, 0.2) is 12.1 Å². The number of carbonyl (C=O) groups is 1. The van der Waals surface area contributed by atoms with Crippen molar-refractivity contribution in [2.75, 3.05) is 0 Å². The van der Waals surface area contributed by atoms with Crippen LogP contribution < -0.4 is 0 Å². The number of fused-ring (bicyclic) bond motifs is 1. The van der Waals surface area contributed by atoms with Gasteiger partial charge in [0.05, 0.1) is 16.7 Å². The normalized spacial score (nSPS) is 12.6. The summed E-state index contributed by atoms with van der Waals surface area (Å²) in [6, 6.07) is 6.70. The summed E-state index contributed by atoms with van der Waals surface area (Å²) >= 11 is 0. The van der Waals surface area contributed by atoms with Crippen LogP contribution in [0.25, 0.3) is 0 Å². The molecule has 1 aliphatic rings. The van der Waals surface area contributed by atoms with Crippen molar-refractivity contribution in [2.24, 2.45) is 0 Å². The second kappa shape index (κ2) is 2.86. The molecule has 0 aromatic heterocycles. The Labute approximate surface area is 79.9 Å². The van der Waals surface area contributed by atoms with Crippen molar-refractivity contribution in [3.63, 3.8) is 0 Å². The zero-order chi connectivity index (χ0) is 10.1. The molecule has 1 aromatic rings. The van der Waals surface area contributed by atoms with Gasteiger partial charge >= 0.3 is 5.97 Å². The van der Waals surface area contributed by atoms with E-state index < -0.39 is 5.97 Å². The molecule has 4 heteroatoms. The van der Waals surface area contributed by atoms with E-state index in [1.54, 1.807) is 0 Å². The van der Waals surface area contributed by atoms with Crippen LogP contribution in [0.4, 0.5) is 0 Å². The molecule has 1 aliphatic heterocycles. The average molecular weight is 184 g/mol. The van der Waals surface area contributed by atoms with Gasteiger partial charge < -0.3 is 4.74 Å². The van der Waals surface area contributed by atoms with Crippen LogP contribution >= 0.6 is 0 Å². The Morgan fingerprint density at radius 1 is 1.21 bits per heavy atom. The van der Waals surface area contributed by atoms with Gasteiger partial charge in [0.2, 0.25) is 0 Å². The molecule has 0 fully saturated rings. The molecule has 0 amide bonds. The number of hydrogen-bond acceptors (Lipinski definition) is 4. The largest absolute Gasteiger partial charge is 0.457 e. The fourth-order valence-corrected chi connectivity index (χ4v) is 1.36. The number of esters is 1. The molecule has 0 spiro atoms. The van der Waals surface area contributed by atoms with E-state index in [0.717, 1.165) is 0 Å². The molecule has 66 valence electrons. The highest BCUT2D eigenvalue weighted by Gasteiger charge is 2.23. The Balaban J connectivity index is 2.69. The zero-order valence-corrected chi connectivity index (χ0v) is 7.07. The Hall–Kier alpha value is -2.33. The van der Waals surface area contributed by atoms with Crippen molar-refractivity contribution in [2.45, 2.75) is 6.61 Å². The first-order chi connectivity index (χ1) is 6.76. The maximum absolute atomic E-state index is 11.1. The SMILES string of the molecule is N#Cc1cc2c(cc1C#N)C(=O)OC2. The van der Waals surface area contributed by atoms with E-state index in [4.69, 9.17) is 15.3 Å². The first kappa shape index (κ1) is 8.28. The second-order valence-corrected chi connectivity index (χ2v) is 2.85. The van der Waals surface area contributed by atoms with E-state index >= 15 is 0 Å². The minimum atomic E-state index is -0.430. The summed E-state index contributed by atoms with van der Waals surface area (Å²) in [7, 11) is 0. The maximum Gasteiger partial charge on any atom is 0.338 e. The van der Waals surface area contributed by atoms with Gasteiger partial charge in [-0.05, 0) is 12.1 Å². The number of hydrogen-bond donors (Lipinski definition) is 0. The zero-order valence-electron chi connectivity index (χ0n) is 7.07. The second-order valence-electron chi connectivity index (χ2n) is 2.85. The first-order valence-electron chi connectivity index (χ1n) is 3.90. The third-order valence-corrected chi connectivity index (χ3v) is 2.06. The van der Waals surface area contributed by atoms with Gasteiger partial charge in [-0.2, -0.15) is 10.5 Å². The molecule has 0 aliphatic carbocycles. The molecular weight excluding hydrogens is 180 g/mol. The third-order valence-electron chi connectivity index (χ3n) is 2.06. The number of nitrogens with zero attached hydrogens (tertiary/aromatic N) is 2. The van der Waals surface area contributed by atoms with Gasteiger partial charge in [0, 0.05) is 5.56 Å². The molecular formula is C10H4N2O2. The van der Waals surface area contributed by atoms with E-state index in [-0.39, 0.29) is 17.7 Å². The predicted octanol–water partition coefficient (Wildman–Crippen LogP) is 1.10. The lowest BCUT2D eigenvalue weighted by Crippen LogP contribution is -1.95. The topological polar surface area (TPSA) is 73.9 Å². The highest BCUT2D eigenvalue weighted by Crippen LogP contribution is 2.23. The molecule has 1 aromatic carbocycles. The third kappa shape index (κ3) is 1.02. The molecule has 0 saturated heterocycles. The van der Waals surface area contributed by atoms with Gasteiger partial charge in [-0.15, -0.1) is 0 Å². The van der Waals surface area contributed by atoms with E-state index in [1.807, 2.05) is 12.1 Å². The summed E-state index contributed by atoms with van der Waals surface area (Å²) in [4.78, 5) is 11.1. The average Bonchev–Trinajstić information content (AvgIpc) is 2.58. The molecule has 0 unspecified atom stereocenters. The maximum atomic E-state index is 11.1. The van der Waals surface area contributed by atoms with Gasteiger partial charge in [0.15, 0.2) is 0 Å². The number of rotatable bonds is 0. The summed E-state index contributed by atoms with van der Waals surface area (Å²) in [5, 5.41) is 17.4. The summed E-state index contributed by atoms with van der Waals surface area (Å²) in [5.41, 5.74) is 1.56. The van der Waals surface area contributed by atoms with Gasteiger partial charge in [-0.3, -0.25) is 0 Å². The van der Waals surface area contributed by atoms with Crippen LogP contribution in [0.5, 0.6) is 0 Å². The Morgan fingerprint density at radius 2 is 1.86 bits per heavy atom. The van der Waals surface area contributed by atoms with Crippen molar-refractivity contribution >= 4 is 5.97 Å². The molecule has 4 nitrogen and oxygen atoms in total. The summed E-state index contributed by atoms with van der Waals surface area (Å²) in [5.74, 6) is -0.430. The van der Waals surface area contributed by atoms with E-state index in [9.17, 15) is 4.79 Å². The van der Waals surface area contributed by atoms with Crippen LogP contribution in [-0.2, 0) is 11.3 Å². The van der Waals surface area contributed by atoms with Gasteiger partial charge in [0.25, 0.3) is 0 Å². The first-order valence-corrected chi connectivity index (χ1v) is 3.90. The van der Waals surface area contributed by atoms with E-state index in [1.165, 1.54) is 12.1 Å². The highest BCUT2D eigenvalue weighted by atomic mass is 16.5. The quantitative estimate of drug-likeness (QED) is 0.566. The fourth-order valence-electron chi connectivity index (χ4n) is 1.36.